The van der Waals surface area contributed by atoms with Crippen molar-refractivity contribution >= 4 is 30.0 Å². The second-order valence-electron chi connectivity index (χ2n) is 6.71. The van der Waals surface area contributed by atoms with E-state index in [4.69, 9.17) is 15.3 Å². The molecule has 0 saturated heterocycles. The number of carbonyl (C=O) groups is 4. The highest BCUT2D eigenvalue weighted by Crippen LogP contribution is 2.25. The Balaban J connectivity index is 3.20. The van der Waals surface area contributed by atoms with Crippen LogP contribution in [0.1, 0.15) is 30.0 Å². The van der Waals surface area contributed by atoms with Gasteiger partial charge in [0.1, 0.15) is 12.1 Å². The summed E-state index contributed by atoms with van der Waals surface area (Å²) in [5.74, 6) is -5.52. The fourth-order valence-electron chi connectivity index (χ4n) is 3.13. The third-order valence-electron chi connectivity index (χ3n) is 4.60. The van der Waals surface area contributed by atoms with Gasteiger partial charge in [0.15, 0.2) is 0 Å². The number of nitrogens with zero attached hydrogens (tertiary/aromatic N) is 1. The standard InChI is InChI=1S/C20H26N2O9/c1-2-12-4-3-5-13(8-12)16(11-23)22(15(20(30)31)10-18(26)27)7-6-21-14(19(28)29)9-17(24)25/h2-5,8,14-16,21,23H,1,6-7,9-11H2,(H,24,25)(H,26,27)(H,28,29)(H,30,31). The van der Waals surface area contributed by atoms with Gasteiger partial charge in [-0.15, -0.1) is 0 Å². The molecule has 0 aliphatic rings. The van der Waals surface area contributed by atoms with E-state index in [1.165, 1.54) is 4.90 Å². The van der Waals surface area contributed by atoms with Crippen molar-refractivity contribution in [1.29, 1.82) is 0 Å². The molecule has 3 atom stereocenters. The second kappa shape index (κ2) is 12.4. The van der Waals surface area contributed by atoms with Crippen LogP contribution in [0.5, 0.6) is 0 Å². The van der Waals surface area contributed by atoms with Gasteiger partial charge in [-0.05, 0) is 11.1 Å². The average molecular weight is 438 g/mol. The van der Waals surface area contributed by atoms with Crippen molar-refractivity contribution in [1.82, 2.24) is 10.2 Å². The molecule has 11 nitrogen and oxygen atoms in total. The predicted molar refractivity (Wildman–Crippen MR) is 108 cm³/mol. The molecule has 0 spiro atoms. The number of benzene rings is 1. The molecule has 170 valence electrons. The Morgan fingerprint density at radius 3 is 2.16 bits per heavy atom. The third kappa shape index (κ3) is 8.16. The van der Waals surface area contributed by atoms with Gasteiger partial charge >= 0.3 is 23.9 Å². The number of carboxylic acid groups (broad SMARTS) is 4. The molecule has 11 heteroatoms. The predicted octanol–water partition coefficient (Wildman–Crippen LogP) is 0.110. The molecule has 0 amide bonds. The number of rotatable bonds is 15. The molecule has 1 rings (SSSR count). The topological polar surface area (TPSA) is 185 Å². The van der Waals surface area contributed by atoms with Crippen molar-refractivity contribution in [3.05, 3.63) is 42.0 Å². The van der Waals surface area contributed by atoms with E-state index in [2.05, 4.69) is 11.9 Å². The summed E-state index contributed by atoms with van der Waals surface area (Å²) in [5, 5.41) is 49.2. The highest BCUT2D eigenvalue weighted by Gasteiger charge is 2.34. The van der Waals surface area contributed by atoms with Crippen LogP contribution < -0.4 is 5.32 Å². The van der Waals surface area contributed by atoms with Crippen molar-refractivity contribution in [2.45, 2.75) is 31.0 Å². The van der Waals surface area contributed by atoms with Gasteiger partial charge < -0.3 is 30.8 Å². The first-order chi connectivity index (χ1) is 14.6. The van der Waals surface area contributed by atoms with E-state index < -0.39 is 61.5 Å². The number of aliphatic hydroxyl groups is 1. The van der Waals surface area contributed by atoms with Gasteiger partial charge in [0.05, 0.1) is 25.5 Å². The van der Waals surface area contributed by atoms with Crippen LogP contribution in [0.25, 0.3) is 6.08 Å². The molecule has 1 aromatic rings. The summed E-state index contributed by atoms with van der Waals surface area (Å²) in [5.41, 5.74) is 1.21. The SMILES string of the molecule is C=Cc1cccc(C(CO)N(CCNC(CC(=O)O)C(=O)O)C(CC(=O)O)C(=O)O)c1. The van der Waals surface area contributed by atoms with Gasteiger partial charge in [-0.3, -0.25) is 24.1 Å². The van der Waals surface area contributed by atoms with Crippen LogP contribution in [0.15, 0.2) is 30.8 Å². The highest BCUT2D eigenvalue weighted by atomic mass is 16.4. The summed E-state index contributed by atoms with van der Waals surface area (Å²) in [4.78, 5) is 46.3. The summed E-state index contributed by atoms with van der Waals surface area (Å²) in [6.45, 7) is 2.78. The molecule has 0 fully saturated rings. The van der Waals surface area contributed by atoms with E-state index in [0.717, 1.165) is 0 Å². The zero-order chi connectivity index (χ0) is 23.6. The van der Waals surface area contributed by atoms with E-state index in [1.807, 2.05) is 0 Å². The maximum absolute atomic E-state index is 11.8. The monoisotopic (exact) mass is 438 g/mol. The van der Waals surface area contributed by atoms with Crippen LogP contribution in [0.4, 0.5) is 0 Å². The molecule has 31 heavy (non-hydrogen) atoms. The van der Waals surface area contributed by atoms with E-state index in [1.54, 1.807) is 30.3 Å². The zero-order valence-corrected chi connectivity index (χ0v) is 16.7. The van der Waals surface area contributed by atoms with Gasteiger partial charge in [0.2, 0.25) is 0 Å². The second-order valence-corrected chi connectivity index (χ2v) is 6.71. The van der Waals surface area contributed by atoms with Crippen LogP contribution in [0.2, 0.25) is 0 Å². The van der Waals surface area contributed by atoms with Crippen LogP contribution >= 0.6 is 0 Å². The summed E-state index contributed by atoms with van der Waals surface area (Å²) in [6.07, 6.45) is 0.0984. The van der Waals surface area contributed by atoms with Crippen molar-refractivity contribution in [2.75, 3.05) is 19.7 Å². The molecule has 0 radical (unpaired) electrons. The number of aliphatic hydroxyl groups excluding tert-OH is 1. The number of hydrogen-bond acceptors (Lipinski definition) is 7. The lowest BCUT2D eigenvalue weighted by Crippen LogP contribution is -2.50. The molecule has 0 aromatic heterocycles. The number of carboxylic acids is 4. The van der Waals surface area contributed by atoms with E-state index in [9.17, 15) is 29.4 Å². The molecule has 0 saturated carbocycles. The van der Waals surface area contributed by atoms with Crippen LogP contribution in [0.3, 0.4) is 0 Å². The first-order valence-corrected chi connectivity index (χ1v) is 9.32. The van der Waals surface area contributed by atoms with Crippen molar-refractivity contribution in [3.63, 3.8) is 0 Å². The van der Waals surface area contributed by atoms with Crippen molar-refractivity contribution in [2.24, 2.45) is 0 Å². The number of aliphatic carboxylic acids is 4. The van der Waals surface area contributed by atoms with Crippen molar-refractivity contribution < 1.29 is 44.7 Å². The smallest absolute Gasteiger partial charge is 0.321 e. The Bertz CT molecular complexity index is 812. The zero-order valence-electron chi connectivity index (χ0n) is 16.7. The molecular weight excluding hydrogens is 412 g/mol. The fraction of sp³-hybridized carbons (Fsp3) is 0.400. The molecule has 6 N–H and O–H groups in total. The van der Waals surface area contributed by atoms with Crippen molar-refractivity contribution in [3.8, 4) is 0 Å². The summed E-state index contributed by atoms with van der Waals surface area (Å²) in [7, 11) is 0. The van der Waals surface area contributed by atoms with Gasteiger partial charge in [-0.2, -0.15) is 0 Å². The van der Waals surface area contributed by atoms with Crippen LogP contribution in [-0.2, 0) is 19.2 Å². The number of hydrogen-bond donors (Lipinski definition) is 6. The first kappa shape index (κ1) is 25.8. The van der Waals surface area contributed by atoms with Crippen LogP contribution in [0, 0.1) is 0 Å². The average Bonchev–Trinajstić information content (AvgIpc) is 2.70. The summed E-state index contributed by atoms with van der Waals surface area (Å²) < 4.78 is 0. The molecule has 0 bridgehead atoms. The largest absolute Gasteiger partial charge is 0.481 e. The van der Waals surface area contributed by atoms with E-state index in [0.29, 0.717) is 11.1 Å². The minimum absolute atomic E-state index is 0.161. The summed E-state index contributed by atoms with van der Waals surface area (Å²) >= 11 is 0. The summed E-state index contributed by atoms with van der Waals surface area (Å²) in [6, 6.07) is 2.87. The quantitative estimate of drug-likeness (QED) is 0.218. The van der Waals surface area contributed by atoms with Gasteiger partial charge in [-0.1, -0.05) is 36.9 Å². The minimum atomic E-state index is -1.52. The number of nitrogens with one attached hydrogen (secondary N) is 1. The first-order valence-electron chi connectivity index (χ1n) is 9.32. The maximum atomic E-state index is 11.8. The minimum Gasteiger partial charge on any atom is -0.481 e. The Morgan fingerprint density at radius 1 is 1.03 bits per heavy atom. The van der Waals surface area contributed by atoms with E-state index in [-0.39, 0.29) is 13.1 Å². The van der Waals surface area contributed by atoms with Gasteiger partial charge in [-0.25, -0.2) is 0 Å². The van der Waals surface area contributed by atoms with Crippen LogP contribution in [-0.4, -0.2) is 86.1 Å². The lowest BCUT2D eigenvalue weighted by atomic mass is 10.00. The lowest BCUT2D eigenvalue weighted by molar-refractivity contribution is -0.151. The lowest BCUT2D eigenvalue weighted by Gasteiger charge is -2.35. The Kier molecular flexibility index (Phi) is 10.3. The highest BCUT2D eigenvalue weighted by molar-refractivity contribution is 5.81. The fourth-order valence-corrected chi connectivity index (χ4v) is 3.13. The molecule has 1 aromatic carbocycles. The normalized spacial score (nSPS) is 13.9. The Labute approximate surface area is 178 Å². The molecule has 0 heterocycles. The maximum Gasteiger partial charge on any atom is 0.321 e. The molecule has 3 unspecified atom stereocenters. The van der Waals surface area contributed by atoms with Gasteiger partial charge in [0, 0.05) is 13.1 Å². The molecule has 0 aliphatic heterocycles. The Hall–Kier alpha value is -3.28. The molecular formula is C20H26N2O9. The Morgan fingerprint density at radius 2 is 1.68 bits per heavy atom. The van der Waals surface area contributed by atoms with E-state index >= 15 is 0 Å². The van der Waals surface area contributed by atoms with Gasteiger partial charge in [0.25, 0.3) is 0 Å². The molecule has 0 aliphatic carbocycles. The third-order valence-corrected chi connectivity index (χ3v) is 4.60.